The van der Waals surface area contributed by atoms with E-state index >= 15 is 0 Å². The van der Waals surface area contributed by atoms with E-state index in [0.29, 0.717) is 22.6 Å². The topological polar surface area (TPSA) is 41.5 Å². The van der Waals surface area contributed by atoms with Crippen LogP contribution in [0.25, 0.3) is 0 Å². The van der Waals surface area contributed by atoms with E-state index in [2.05, 4.69) is 26.1 Å². The zero-order chi connectivity index (χ0) is 15.3. The Labute approximate surface area is 127 Å². The highest BCUT2D eigenvalue weighted by atomic mass is 16.5. The molecular formula is C18H27NO2. The van der Waals surface area contributed by atoms with Gasteiger partial charge in [-0.2, -0.15) is 0 Å². The summed E-state index contributed by atoms with van der Waals surface area (Å²) in [5.74, 6) is 1.60. The van der Waals surface area contributed by atoms with Gasteiger partial charge in [0.1, 0.15) is 0 Å². The Morgan fingerprint density at radius 3 is 2.67 bits per heavy atom. The third-order valence-corrected chi connectivity index (χ3v) is 6.02. The molecule has 0 heterocycles. The Bertz CT molecular complexity index is 535. The lowest BCUT2D eigenvalue weighted by atomic mass is 9.68. The van der Waals surface area contributed by atoms with Crippen molar-refractivity contribution in [2.75, 3.05) is 7.11 Å². The van der Waals surface area contributed by atoms with E-state index in [-0.39, 0.29) is 5.75 Å². The highest BCUT2D eigenvalue weighted by Gasteiger charge is 2.58. The quantitative estimate of drug-likeness (QED) is 0.888. The number of nitrogens with one attached hydrogen (secondary N) is 1. The number of rotatable bonds is 4. The number of phenolic OH excluding ortho intramolecular Hbond substituents is 1. The van der Waals surface area contributed by atoms with Crippen molar-refractivity contribution in [2.45, 2.75) is 52.6 Å². The molecule has 3 rings (SSSR count). The van der Waals surface area contributed by atoms with Crippen molar-refractivity contribution in [2.24, 2.45) is 16.7 Å². The molecule has 3 atom stereocenters. The maximum Gasteiger partial charge on any atom is 0.160 e. The van der Waals surface area contributed by atoms with Crippen molar-refractivity contribution in [3.8, 4) is 11.5 Å². The molecule has 2 bridgehead atoms. The number of fused-ring (bicyclic) bond motifs is 2. The first-order valence-corrected chi connectivity index (χ1v) is 7.96. The van der Waals surface area contributed by atoms with Gasteiger partial charge in [-0.1, -0.05) is 26.8 Å². The monoisotopic (exact) mass is 289 g/mol. The largest absolute Gasteiger partial charge is 0.504 e. The highest BCUT2D eigenvalue weighted by molar-refractivity contribution is 5.41. The van der Waals surface area contributed by atoms with Crippen LogP contribution in [-0.4, -0.2) is 18.3 Å². The average molecular weight is 289 g/mol. The lowest BCUT2D eigenvalue weighted by Crippen LogP contribution is -2.49. The number of ether oxygens (including phenoxy) is 1. The van der Waals surface area contributed by atoms with Gasteiger partial charge in [0.15, 0.2) is 11.5 Å². The van der Waals surface area contributed by atoms with Gasteiger partial charge in [-0.05, 0) is 53.7 Å². The summed E-state index contributed by atoms with van der Waals surface area (Å²) in [7, 11) is 1.57. The van der Waals surface area contributed by atoms with Crippen LogP contribution in [0.1, 0.15) is 45.6 Å². The van der Waals surface area contributed by atoms with Gasteiger partial charge in [0.2, 0.25) is 0 Å². The Morgan fingerprint density at radius 1 is 1.33 bits per heavy atom. The first-order chi connectivity index (χ1) is 9.87. The van der Waals surface area contributed by atoms with E-state index in [4.69, 9.17) is 4.74 Å². The molecule has 2 aliphatic carbocycles. The van der Waals surface area contributed by atoms with Crippen molar-refractivity contribution in [3.63, 3.8) is 0 Å². The standard InChI is InChI=1S/C18H27NO2/c1-17(2)13-7-8-18(3,10-13)16(17)19-11-12-5-6-15(21-4)14(20)9-12/h5-6,9,13,16,19-20H,7-8,10-11H2,1-4H3. The highest BCUT2D eigenvalue weighted by Crippen LogP contribution is 2.62. The smallest absolute Gasteiger partial charge is 0.160 e. The Kier molecular flexibility index (Phi) is 3.44. The van der Waals surface area contributed by atoms with Crippen LogP contribution in [0.5, 0.6) is 11.5 Å². The average Bonchev–Trinajstić information content (AvgIpc) is 2.89. The first kappa shape index (κ1) is 14.7. The third-order valence-electron chi connectivity index (χ3n) is 6.02. The number of methoxy groups -OCH3 is 1. The summed E-state index contributed by atoms with van der Waals surface area (Å²) in [5, 5.41) is 13.7. The van der Waals surface area contributed by atoms with Crippen LogP contribution in [0.2, 0.25) is 0 Å². The molecule has 0 spiro atoms. The molecule has 116 valence electrons. The van der Waals surface area contributed by atoms with Gasteiger partial charge in [-0.15, -0.1) is 0 Å². The molecular weight excluding hydrogens is 262 g/mol. The number of aromatic hydroxyl groups is 1. The van der Waals surface area contributed by atoms with Crippen LogP contribution in [-0.2, 0) is 6.54 Å². The minimum Gasteiger partial charge on any atom is -0.504 e. The molecule has 1 aromatic rings. The van der Waals surface area contributed by atoms with Crippen molar-refractivity contribution in [1.29, 1.82) is 0 Å². The first-order valence-electron chi connectivity index (χ1n) is 7.96. The fraction of sp³-hybridized carbons (Fsp3) is 0.667. The van der Waals surface area contributed by atoms with Crippen molar-refractivity contribution >= 4 is 0 Å². The Morgan fingerprint density at radius 2 is 2.10 bits per heavy atom. The third kappa shape index (κ3) is 2.32. The zero-order valence-corrected chi connectivity index (χ0v) is 13.6. The summed E-state index contributed by atoms with van der Waals surface area (Å²) < 4.78 is 5.10. The lowest BCUT2D eigenvalue weighted by Gasteiger charge is -2.43. The maximum atomic E-state index is 9.89. The van der Waals surface area contributed by atoms with Gasteiger partial charge >= 0.3 is 0 Å². The van der Waals surface area contributed by atoms with Gasteiger partial charge in [0.25, 0.3) is 0 Å². The van der Waals surface area contributed by atoms with Gasteiger partial charge in [-0.3, -0.25) is 0 Å². The number of phenols is 1. The molecule has 3 heteroatoms. The summed E-state index contributed by atoms with van der Waals surface area (Å²) in [6, 6.07) is 6.20. The summed E-state index contributed by atoms with van der Waals surface area (Å²) in [6.07, 6.45) is 4.07. The van der Waals surface area contributed by atoms with Crippen LogP contribution in [0, 0.1) is 16.7 Å². The normalized spacial score (nSPS) is 33.3. The molecule has 2 N–H and O–H groups in total. The molecule has 0 amide bonds. The van der Waals surface area contributed by atoms with E-state index in [9.17, 15) is 5.11 Å². The molecule has 0 saturated heterocycles. The SMILES string of the molecule is COc1ccc(CNC2C3(C)CCC(C3)C2(C)C)cc1O. The van der Waals surface area contributed by atoms with Crippen LogP contribution >= 0.6 is 0 Å². The number of benzene rings is 1. The van der Waals surface area contributed by atoms with Crippen LogP contribution < -0.4 is 10.1 Å². The molecule has 0 radical (unpaired) electrons. The molecule has 0 aliphatic heterocycles. The summed E-state index contributed by atoms with van der Waals surface area (Å²) in [4.78, 5) is 0. The second kappa shape index (κ2) is 4.91. The van der Waals surface area contributed by atoms with Crippen molar-refractivity contribution in [3.05, 3.63) is 23.8 Å². The predicted molar refractivity (Wildman–Crippen MR) is 84.5 cm³/mol. The molecule has 2 aliphatic rings. The second-order valence-corrected chi connectivity index (χ2v) is 7.74. The summed E-state index contributed by atoms with van der Waals surface area (Å²) in [6.45, 7) is 8.05. The number of hydrogen-bond acceptors (Lipinski definition) is 3. The lowest BCUT2D eigenvalue weighted by molar-refractivity contribution is 0.108. The fourth-order valence-corrected chi connectivity index (χ4v) is 4.88. The molecule has 3 unspecified atom stereocenters. The van der Waals surface area contributed by atoms with E-state index in [1.54, 1.807) is 13.2 Å². The van der Waals surface area contributed by atoms with Crippen LogP contribution in [0.4, 0.5) is 0 Å². The second-order valence-electron chi connectivity index (χ2n) is 7.74. The van der Waals surface area contributed by atoms with E-state index in [1.165, 1.54) is 19.3 Å². The van der Waals surface area contributed by atoms with Gasteiger partial charge in [0.05, 0.1) is 7.11 Å². The van der Waals surface area contributed by atoms with E-state index < -0.39 is 0 Å². The van der Waals surface area contributed by atoms with Gasteiger partial charge in [0, 0.05) is 12.6 Å². The van der Waals surface area contributed by atoms with Crippen LogP contribution in [0.3, 0.4) is 0 Å². The maximum absolute atomic E-state index is 9.89. The van der Waals surface area contributed by atoms with E-state index in [0.717, 1.165) is 18.0 Å². The van der Waals surface area contributed by atoms with Crippen molar-refractivity contribution < 1.29 is 9.84 Å². The molecule has 2 fully saturated rings. The molecule has 2 saturated carbocycles. The number of hydrogen-bond donors (Lipinski definition) is 2. The minimum atomic E-state index is 0.218. The van der Waals surface area contributed by atoms with Gasteiger partial charge < -0.3 is 15.2 Å². The van der Waals surface area contributed by atoms with Crippen LogP contribution in [0.15, 0.2) is 18.2 Å². The predicted octanol–water partition coefficient (Wildman–Crippen LogP) is 3.71. The molecule has 0 aromatic heterocycles. The fourth-order valence-electron chi connectivity index (χ4n) is 4.88. The molecule has 21 heavy (non-hydrogen) atoms. The summed E-state index contributed by atoms with van der Waals surface area (Å²) >= 11 is 0. The zero-order valence-electron chi connectivity index (χ0n) is 13.6. The van der Waals surface area contributed by atoms with E-state index in [1.807, 2.05) is 12.1 Å². The molecule has 3 nitrogen and oxygen atoms in total. The van der Waals surface area contributed by atoms with Gasteiger partial charge in [-0.25, -0.2) is 0 Å². The Hall–Kier alpha value is -1.22. The Balaban J connectivity index is 1.72. The van der Waals surface area contributed by atoms with Crippen molar-refractivity contribution in [1.82, 2.24) is 5.32 Å². The summed E-state index contributed by atoms with van der Waals surface area (Å²) in [5.41, 5.74) is 1.90. The minimum absolute atomic E-state index is 0.218. The molecule has 1 aromatic carbocycles.